The number of hydrogen-bond acceptors (Lipinski definition) is 13. The number of benzene rings is 6. The monoisotopic (exact) mass is 1370 g/mol. The van der Waals surface area contributed by atoms with Crippen molar-refractivity contribution in [1.82, 2.24) is 30.9 Å². The van der Waals surface area contributed by atoms with E-state index in [-0.39, 0.29) is 54.0 Å². The standard InChI is InChI=1S/C25H27ClN4O3.C25H27ClN4O2.C24H24ClFN4O2/c1-32-21-9-3-17(4-10-21)22-16-30(20-11-13-27-24(15-20)33-2)14-12-23(22)29-25(31)28-19-7-5-18(26)6-8-19;1-17-15-27-13-11-24(17)30-14-12-23(22(16-30)18-3-9-21(32-2)10-4-18)29-25(31)28-20-7-5-19(26)6-8-20;1-32-20-8-2-16(3-9-20)21-15-30(19-10-12-27-23(26)14-19)13-11-22(21)29-24(31)28-18-6-4-17(25)5-7-18/h3-11,13,15,22-23H,12,14,16H2,1-2H3,(H2,28,29,31);3-11,13,15,22-23H,12,14,16H2,1-2H3,(H2,28,29,31);2-10,12,14,21-22H,11,13,15H2,1H3,(H2,28,29,31)/t;;21-,22+/m..0/s1. The zero-order valence-corrected chi connectivity index (χ0v) is 56.7. The maximum atomic E-state index is 13.7. The lowest BCUT2D eigenvalue weighted by atomic mass is 9.85. The maximum Gasteiger partial charge on any atom is 0.319 e. The number of pyridine rings is 3. The summed E-state index contributed by atoms with van der Waals surface area (Å²) in [5.41, 5.74) is 9.59. The summed E-state index contributed by atoms with van der Waals surface area (Å²) in [6.45, 7) is 6.57. The van der Waals surface area contributed by atoms with Crippen molar-refractivity contribution in [3.63, 3.8) is 0 Å². The number of aromatic nitrogens is 3. The number of halogens is 4. The number of ether oxygens (including phenoxy) is 4. The van der Waals surface area contributed by atoms with E-state index in [0.717, 1.165) is 84.3 Å². The zero-order valence-electron chi connectivity index (χ0n) is 54.4. The summed E-state index contributed by atoms with van der Waals surface area (Å²) < 4.78 is 34.9. The van der Waals surface area contributed by atoms with Crippen LogP contribution in [0.15, 0.2) is 201 Å². The molecule has 12 rings (SSSR count). The molecule has 6 amide bonds. The Morgan fingerprint density at radius 3 is 1.16 bits per heavy atom. The normalized spacial score (nSPS) is 18.1. The number of amides is 6. The molecular formula is C74H78Cl3FN12O7. The SMILES string of the molecule is COc1ccc(C2CN(c3ccnc(OC)c3)CCC2NC(=O)Nc2ccc(Cl)cc2)cc1.COc1ccc(C2CN(c3ccncc3C)CCC2NC(=O)Nc2ccc(Cl)cc2)cc1.COc1ccc([C@@H]2CN(c3ccnc(F)c3)CC[C@H]2NC(=O)Nc2ccc(Cl)cc2)cc1. The summed E-state index contributed by atoms with van der Waals surface area (Å²) in [6, 6.07) is 53.4. The number of anilines is 6. The van der Waals surface area contributed by atoms with E-state index in [9.17, 15) is 18.8 Å². The molecule has 3 aliphatic rings. The predicted octanol–water partition coefficient (Wildman–Crippen LogP) is 15.2. The summed E-state index contributed by atoms with van der Waals surface area (Å²) in [5, 5.41) is 20.0. The van der Waals surface area contributed by atoms with Crippen LogP contribution in [0.1, 0.15) is 59.3 Å². The van der Waals surface area contributed by atoms with Crippen LogP contribution in [-0.4, -0.2) is 119 Å². The van der Waals surface area contributed by atoms with Gasteiger partial charge in [0.1, 0.15) is 17.2 Å². The maximum absolute atomic E-state index is 13.7. The molecule has 6 heterocycles. The molecule has 4 unspecified atom stereocenters. The molecule has 0 aliphatic carbocycles. The first-order chi connectivity index (χ1) is 47.1. The van der Waals surface area contributed by atoms with Crippen molar-refractivity contribution in [1.29, 1.82) is 0 Å². The third-order valence-electron chi connectivity index (χ3n) is 17.4. The molecule has 0 bridgehead atoms. The van der Waals surface area contributed by atoms with E-state index in [1.165, 1.54) is 23.5 Å². The largest absolute Gasteiger partial charge is 0.497 e. The number of carbonyl (C=O) groups is 3. The molecule has 3 saturated heterocycles. The smallest absolute Gasteiger partial charge is 0.319 e. The summed E-state index contributed by atoms with van der Waals surface area (Å²) >= 11 is 17.8. The Kier molecular flexibility index (Phi) is 24.5. The number of nitrogens with one attached hydrogen (secondary N) is 6. The van der Waals surface area contributed by atoms with Crippen molar-refractivity contribution in [2.75, 3.05) is 98.4 Å². The molecule has 6 atom stereocenters. The molecule has 3 fully saturated rings. The molecule has 23 heteroatoms. The Labute approximate surface area is 580 Å². The van der Waals surface area contributed by atoms with Crippen LogP contribution in [0.2, 0.25) is 15.1 Å². The Bertz CT molecular complexity index is 4020. The first kappa shape index (κ1) is 69.8. The molecule has 504 valence electrons. The molecule has 0 saturated carbocycles. The van der Waals surface area contributed by atoms with E-state index in [4.69, 9.17) is 53.8 Å². The van der Waals surface area contributed by atoms with E-state index in [1.54, 1.807) is 113 Å². The lowest BCUT2D eigenvalue weighted by Gasteiger charge is -2.41. The van der Waals surface area contributed by atoms with Crippen LogP contribution in [0.25, 0.3) is 0 Å². The zero-order chi connectivity index (χ0) is 68.2. The van der Waals surface area contributed by atoms with Gasteiger partial charge < -0.3 is 65.5 Å². The molecule has 19 nitrogen and oxygen atoms in total. The van der Waals surface area contributed by atoms with Crippen molar-refractivity contribution in [3.8, 4) is 23.1 Å². The van der Waals surface area contributed by atoms with Crippen LogP contribution in [0, 0.1) is 12.9 Å². The highest BCUT2D eigenvalue weighted by Gasteiger charge is 2.35. The molecule has 3 aromatic heterocycles. The number of urea groups is 3. The number of piperidine rings is 3. The third kappa shape index (κ3) is 19.6. The Hall–Kier alpha value is -10.0. The Morgan fingerprint density at radius 2 is 0.804 bits per heavy atom. The van der Waals surface area contributed by atoms with Gasteiger partial charge in [-0.05, 0) is 176 Å². The van der Waals surface area contributed by atoms with Crippen molar-refractivity contribution in [2.45, 2.75) is 62.1 Å². The highest BCUT2D eigenvalue weighted by molar-refractivity contribution is 6.31. The lowest BCUT2D eigenvalue weighted by Crippen LogP contribution is -2.51. The molecule has 0 radical (unpaired) electrons. The fraction of sp³-hybridized carbons (Fsp3) is 0.270. The second-order valence-electron chi connectivity index (χ2n) is 23.5. The lowest BCUT2D eigenvalue weighted by molar-refractivity contribution is 0.242. The number of carbonyl (C=O) groups excluding carboxylic acids is 3. The minimum atomic E-state index is -0.508. The number of hydrogen-bond donors (Lipinski definition) is 6. The molecule has 0 spiro atoms. The van der Waals surface area contributed by atoms with Gasteiger partial charge in [-0.25, -0.2) is 24.4 Å². The van der Waals surface area contributed by atoms with Gasteiger partial charge in [-0.1, -0.05) is 71.2 Å². The average molecular weight is 1370 g/mol. The molecule has 9 aromatic rings. The van der Waals surface area contributed by atoms with Crippen LogP contribution in [0.4, 0.5) is 52.9 Å². The van der Waals surface area contributed by atoms with Crippen molar-refractivity contribution in [3.05, 3.63) is 244 Å². The van der Waals surface area contributed by atoms with Crippen LogP contribution in [0.5, 0.6) is 23.1 Å². The number of methoxy groups -OCH3 is 4. The van der Waals surface area contributed by atoms with E-state index in [0.29, 0.717) is 57.5 Å². The average Bonchev–Trinajstić information content (AvgIpc) is 0.830. The summed E-state index contributed by atoms with van der Waals surface area (Å²) in [6.07, 6.45) is 9.25. The van der Waals surface area contributed by atoms with Gasteiger partial charge in [-0.2, -0.15) is 4.39 Å². The molecule has 97 heavy (non-hydrogen) atoms. The first-order valence-electron chi connectivity index (χ1n) is 31.8. The molecule has 6 aromatic carbocycles. The minimum absolute atomic E-state index is 0.00171. The van der Waals surface area contributed by atoms with E-state index >= 15 is 0 Å². The first-order valence-corrected chi connectivity index (χ1v) is 32.9. The topological polar surface area (TPSA) is 209 Å². The molecular weight excluding hydrogens is 1290 g/mol. The number of rotatable bonds is 16. The highest BCUT2D eigenvalue weighted by Crippen LogP contribution is 2.36. The summed E-state index contributed by atoms with van der Waals surface area (Å²) in [5.74, 6) is 2.66. The minimum Gasteiger partial charge on any atom is -0.497 e. The van der Waals surface area contributed by atoms with Gasteiger partial charge in [0.25, 0.3) is 0 Å². The third-order valence-corrected chi connectivity index (χ3v) is 18.2. The Balaban J connectivity index is 0.000000158. The van der Waals surface area contributed by atoms with Gasteiger partial charge >= 0.3 is 18.1 Å². The fourth-order valence-electron chi connectivity index (χ4n) is 12.4. The van der Waals surface area contributed by atoms with Gasteiger partial charge in [-0.15, -0.1) is 0 Å². The van der Waals surface area contributed by atoms with E-state index in [1.807, 2.05) is 73.1 Å². The Morgan fingerprint density at radius 1 is 0.443 bits per heavy atom. The van der Waals surface area contributed by atoms with Crippen LogP contribution in [0.3, 0.4) is 0 Å². The number of aryl methyl sites for hydroxylation is 1. The van der Waals surface area contributed by atoms with E-state index in [2.05, 4.69) is 98.8 Å². The number of nitrogens with zero attached hydrogens (tertiary/aromatic N) is 6. The second-order valence-corrected chi connectivity index (χ2v) is 24.8. The van der Waals surface area contributed by atoms with Crippen LogP contribution >= 0.6 is 34.8 Å². The quantitative estimate of drug-likeness (QED) is 0.0498. The van der Waals surface area contributed by atoms with Crippen LogP contribution < -0.4 is 65.5 Å². The molecule has 3 aliphatic heterocycles. The van der Waals surface area contributed by atoms with E-state index < -0.39 is 5.95 Å². The van der Waals surface area contributed by atoms with Gasteiger partial charge in [-0.3, -0.25) is 4.98 Å². The van der Waals surface area contributed by atoms with Crippen molar-refractivity contribution in [2.24, 2.45) is 0 Å². The summed E-state index contributed by atoms with van der Waals surface area (Å²) in [4.78, 5) is 57.1. The molecule has 6 N–H and O–H groups in total. The van der Waals surface area contributed by atoms with Gasteiger partial charge in [0.05, 0.1) is 28.4 Å². The van der Waals surface area contributed by atoms with Gasteiger partial charge in [0.15, 0.2) is 0 Å². The van der Waals surface area contributed by atoms with Gasteiger partial charge in [0, 0.05) is 161 Å². The summed E-state index contributed by atoms with van der Waals surface area (Å²) in [7, 11) is 6.55. The van der Waals surface area contributed by atoms with Crippen LogP contribution in [-0.2, 0) is 0 Å². The van der Waals surface area contributed by atoms with Gasteiger partial charge in [0.2, 0.25) is 11.8 Å². The second kappa shape index (κ2) is 34.1. The fourth-order valence-corrected chi connectivity index (χ4v) is 12.7. The predicted molar refractivity (Wildman–Crippen MR) is 384 cm³/mol. The van der Waals surface area contributed by atoms with Crippen molar-refractivity contribution >= 4 is 87.0 Å². The highest BCUT2D eigenvalue weighted by atomic mass is 35.5. The van der Waals surface area contributed by atoms with Crippen molar-refractivity contribution < 1.29 is 37.7 Å².